The molecule has 0 radical (unpaired) electrons. The van der Waals surface area contributed by atoms with Crippen LogP contribution in [0.3, 0.4) is 0 Å². The van der Waals surface area contributed by atoms with Crippen LogP contribution in [0.25, 0.3) is 0 Å². The van der Waals surface area contributed by atoms with Crippen molar-refractivity contribution in [3.8, 4) is 0 Å². The SMILES string of the molecule is Nc1n[nH]c(C(=O)N(Cc2cccs2)Cc2cccs2)n1. The summed E-state index contributed by atoms with van der Waals surface area (Å²) in [6, 6.07) is 7.96. The van der Waals surface area contributed by atoms with Crippen LogP contribution in [0.5, 0.6) is 0 Å². The van der Waals surface area contributed by atoms with Crippen molar-refractivity contribution in [1.29, 1.82) is 0 Å². The van der Waals surface area contributed by atoms with Crippen molar-refractivity contribution < 1.29 is 4.79 Å². The van der Waals surface area contributed by atoms with Gasteiger partial charge in [0, 0.05) is 9.75 Å². The van der Waals surface area contributed by atoms with Crippen molar-refractivity contribution in [2.45, 2.75) is 13.1 Å². The van der Waals surface area contributed by atoms with Gasteiger partial charge in [-0.3, -0.25) is 9.89 Å². The van der Waals surface area contributed by atoms with Crippen LogP contribution in [0.1, 0.15) is 20.4 Å². The molecule has 108 valence electrons. The van der Waals surface area contributed by atoms with E-state index in [1.165, 1.54) is 0 Å². The van der Waals surface area contributed by atoms with Gasteiger partial charge in [0.2, 0.25) is 11.8 Å². The van der Waals surface area contributed by atoms with Gasteiger partial charge in [-0.25, -0.2) is 0 Å². The molecule has 0 aliphatic heterocycles. The highest BCUT2D eigenvalue weighted by atomic mass is 32.1. The molecule has 3 aromatic heterocycles. The molecule has 0 unspecified atom stereocenters. The molecule has 6 nitrogen and oxygen atoms in total. The van der Waals surface area contributed by atoms with Crippen molar-refractivity contribution in [2.24, 2.45) is 0 Å². The molecule has 8 heteroatoms. The number of thiophene rings is 2. The molecule has 0 atom stereocenters. The highest BCUT2D eigenvalue weighted by molar-refractivity contribution is 7.10. The lowest BCUT2D eigenvalue weighted by Crippen LogP contribution is -2.30. The predicted molar refractivity (Wildman–Crippen MR) is 83.0 cm³/mol. The molecule has 0 bridgehead atoms. The van der Waals surface area contributed by atoms with Crippen LogP contribution in [-0.2, 0) is 13.1 Å². The summed E-state index contributed by atoms with van der Waals surface area (Å²) in [5.74, 6) is 0.0344. The number of aromatic amines is 1. The number of nitrogens with two attached hydrogens (primary N) is 1. The number of amides is 1. The van der Waals surface area contributed by atoms with Gasteiger partial charge in [0.15, 0.2) is 0 Å². The van der Waals surface area contributed by atoms with E-state index in [0.29, 0.717) is 13.1 Å². The standard InChI is InChI=1S/C13H13N5OS2/c14-13-15-11(16-17-13)12(19)18(7-9-3-1-5-20-9)8-10-4-2-6-21-10/h1-6H,7-8H2,(H3,14,15,16,17). The summed E-state index contributed by atoms with van der Waals surface area (Å²) in [6.45, 7) is 1.07. The zero-order valence-corrected chi connectivity index (χ0v) is 12.7. The first kappa shape index (κ1) is 13.8. The number of hydrogen-bond acceptors (Lipinski definition) is 6. The predicted octanol–water partition coefficient (Wildman–Crippen LogP) is 2.35. The first-order valence-electron chi connectivity index (χ1n) is 6.24. The number of carbonyl (C=O) groups excluding carboxylic acids is 1. The Kier molecular flexibility index (Phi) is 3.98. The van der Waals surface area contributed by atoms with E-state index in [2.05, 4.69) is 15.2 Å². The molecule has 0 aliphatic carbocycles. The second-order valence-corrected chi connectivity index (χ2v) is 6.43. The minimum atomic E-state index is -0.207. The van der Waals surface area contributed by atoms with Gasteiger partial charge in [0.1, 0.15) is 0 Å². The number of hydrogen-bond donors (Lipinski definition) is 2. The number of carbonyl (C=O) groups is 1. The van der Waals surface area contributed by atoms with E-state index in [1.807, 2.05) is 35.0 Å². The smallest absolute Gasteiger partial charge is 0.291 e. The molecule has 1 amide bonds. The molecule has 0 spiro atoms. The molecule has 3 N–H and O–H groups in total. The quantitative estimate of drug-likeness (QED) is 0.755. The zero-order valence-electron chi connectivity index (χ0n) is 11.0. The fourth-order valence-corrected chi connectivity index (χ4v) is 3.34. The molecular weight excluding hydrogens is 306 g/mol. The molecule has 0 fully saturated rings. The Morgan fingerprint density at radius 2 is 1.81 bits per heavy atom. The summed E-state index contributed by atoms with van der Waals surface area (Å²) in [4.78, 5) is 20.4. The maximum absolute atomic E-state index is 12.6. The van der Waals surface area contributed by atoms with Crippen LogP contribution in [0.15, 0.2) is 35.0 Å². The van der Waals surface area contributed by atoms with Crippen molar-refractivity contribution in [1.82, 2.24) is 20.1 Å². The average molecular weight is 319 g/mol. The second kappa shape index (κ2) is 6.06. The summed E-state index contributed by atoms with van der Waals surface area (Å²) < 4.78 is 0. The van der Waals surface area contributed by atoms with E-state index in [-0.39, 0.29) is 17.7 Å². The van der Waals surface area contributed by atoms with Gasteiger partial charge in [0.25, 0.3) is 5.91 Å². The van der Waals surface area contributed by atoms with Crippen LogP contribution in [-0.4, -0.2) is 26.0 Å². The monoisotopic (exact) mass is 319 g/mol. The van der Waals surface area contributed by atoms with E-state index in [1.54, 1.807) is 27.6 Å². The lowest BCUT2D eigenvalue weighted by Gasteiger charge is -2.20. The Hall–Kier alpha value is -2.19. The summed E-state index contributed by atoms with van der Waals surface area (Å²) in [5, 5.41) is 10.3. The third kappa shape index (κ3) is 3.29. The van der Waals surface area contributed by atoms with Crippen LogP contribution >= 0.6 is 22.7 Å². The van der Waals surface area contributed by atoms with Gasteiger partial charge in [0.05, 0.1) is 13.1 Å². The van der Waals surface area contributed by atoms with E-state index in [4.69, 9.17) is 5.73 Å². The Balaban J connectivity index is 1.82. The molecule has 0 saturated heterocycles. The summed E-state index contributed by atoms with van der Waals surface area (Å²) in [5.41, 5.74) is 5.47. The Bertz CT molecular complexity index is 669. The van der Waals surface area contributed by atoms with Gasteiger partial charge in [-0.2, -0.15) is 4.98 Å². The van der Waals surface area contributed by atoms with E-state index < -0.39 is 0 Å². The molecule has 0 aromatic carbocycles. The van der Waals surface area contributed by atoms with Gasteiger partial charge in [-0.15, -0.1) is 27.8 Å². The Morgan fingerprint density at radius 1 is 1.19 bits per heavy atom. The molecule has 0 saturated carbocycles. The van der Waals surface area contributed by atoms with Crippen LogP contribution in [0, 0.1) is 0 Å². The fourth-order valence-electron chi connectivity index (χ4n) is 1.90. The third-order valence-corrected chi connectivity index (χ3v) is 4.57. The molecule has 3 rings (SSSR count). The molecule has 3 heterocycles. The highest BCUT2D eigenvalue weighted by Gasteiger charge is 2.20. The first-order valence-corrected chi connectivity index (χ1v) is 8.00. The third-order valence-electron chi connectivity index (χ3n) is 2.85. The number of anilines is 1. The van der Waals surface area contributed by atoms with E-state index in [0.717, 1.165) is 9.75 Å². The molecule has 3 aromatic rings. The summed E-state index contributed by atoms with van der Waals surface area (Å²) in [7, 11) is 0. The van der Waals surface area contributed by atoms with E-state index >= 15 is 0 Å². The summed E-state index contributed by atoms with van der Waals surface area (Å²) in [6.07, 6.45) is 0. The van der Waals surface area contributed by atoms with Gasteiger partial charge in [-0.1, -0.05) is 12.1 Å². The molecule has 21 heavy (non-hydrogen) atoms. The van der Waals surface area contributed by atoms with Gasteiger partial charge >= 0.3 is 0 Å². The summed E-state index contributed by atoms with van der Waals surface area (Å²) >= 11 is 3.24. The normalized spacial score (nSPS) is 10.7. The molecular formula is C13H13N5OS2. The van der Waals surface area contributed by atoms with Gasteiger partial charge in [-0.05, 0) is 22.9 Å². The van der Waals surface area contributed by atoms with E-state index in [9.17, 15) is 4.79 Å². The number of nitrogens with zero attached hydrogens (tertiary/aromatic N) is 3. The number of aromatic nitrogens is 3. The first-order chi connectivity index (χ1) is 10.2. The largest absolute Gasteiger partial charge is 0.366 e. The lowest BCUT2D eigenvalue weighted by molar-refractivity contribution is 0.0721. The average Bonchev–Trinajstić information content (AvgIpc) is 3.19. The van der Waals surface area contributed by atoms with Crippen LogP contribution < -0.4 is 5.73 Å². The zero-order chi connectivity index (χ0) is 14.7. The minimum absolute atomic E-state index is 0.0746. The minimum Gasteiger partial charge on any atom is -0.366 e. The Morgan fingerprint density at radius 3 is 2.24 bits per heavy atom. The van der Waals surface area contributed by atoms with Crippen molar-refractivity contribution in [2.75, 3.05) is 5.73 Å². The maximum Gasteiger partial charge on any atom is 0.291 e. The lowest BCUT2D eigenvalue weighted by atomic mass is 10.3. The van der Waals surface area contributed by atoms with Crippen molar-refractivity contribution in [3.63, 3.8) is 0 Å². The number of nitrogens with one attached hydrogen (secondary N) is 1. The maximum atomic E-state index is 12.6. The fraction of sp³-hybridized carbons (Fsp3) is 0.154. The number of rotatable bonds is 5. The number of nitrogen functional groups attached to an aromatic ring is 1. The second-order valence-electron chi connectivity index (χ2n) is 4.36. The van der Waals surface area contributed by atoms with Crippen molar-refractivity contribution >= 4 is 34.5 Å². The van der Waals surface area contributed by atoms with Crippen LogP contribution in [0.2, 0.25) is 0 Å². The van der Waals surface area contributed by atoms with Crippen LogP contribution in [0.4, 0.5) is 5.95 Å². The van der Waals surface area contributed by atoms with Gasteiger partial charge < -0.3 is 10.6 Å². The Labute approximate surface area is 129 Å². The highest BCUT2D eigenvalue weighted by Crippen LogP contribution is 2.18. The topological polar surface area (TPSA) is 87.9 Å². The number of H-pyrrole nitrogens is 1. The van der Waals surface area contributed by atoms with Crippen molar-refractivity contribution in [3.05, 3.63) is 50.6 Å². The molecule has 0 aliphatic rings.